The van der Waals surface area contributed by atoms with E-state index in [0.29, 0.717) is 16.1 Å². The Morgan fingerprint density at radius 1 is 1.19 bits per heavy atom. The van der Waals surface area contributed by atoms with E-state index >= 15 is 0 Å². The van der Waals surface area contributed by atoms with Crippen molar-refractivity contribution >= 4 is 34.2 Å². The first-order chi connectivity index (χ1) is 12.6. The standard InChI is InChI=1S/C19H20FNO5S/c1-19(2,9-15(23)24)8-14(22)21-17-16(18(25)26-3)13(10-27-17)11-4-6-12(20)7-5-11/h4-7,10H,8-9H2,1-3H3,(H,21,22)(H,23,24). The van der Waals surface area contributed by atoms with Crippen LogP contribution in [-0.4, -0.2) is 30.1 Å². The van der Waals surface area contributed by atoms with Gasteiger partial charge in [-0.1, -0.05) is 26.0 Å². The number of halogens is 1. The molecule has 0 aliphatic heterocycles. The normalized spacial score (nSPS) is 11.1. The van der Waals surface area contributed by atoms with Crippen molar-refractivity contribution in [3.05, 3.63) is 41.0 Å². The van der Waals surface area contributed by atoms with Gasteiger partial charge in [0, 0.05) is 17.4 Å². The zero-order valence-electron chi connectivity index (χ0n) is 15.2. The Balaban J connectivity index is 2.29. The molecule has 1 aromatic heterocycles. The molecule has 2 rings (SSSR count). The SMILES string of the molecule is COC(=O)c1c(-c2ccc(F)cc2)csc1NC(=O)CC(C)(C)CC(=O)O. The van der Waals surface area contributed by atoms with E-state index in [9.17, 15) is 18.8 Å². The summed E-state index contributed by atoms with van der Waals surface area (Å²) in [4.78, 5) is 35.5. The minimum absolute atomic E-state index is 0.0241. The van der Waals surface area contributed by atoms with Crippen molar-refractivity contribution in [2.24, 2.45) is 5.41 Å². The van der Waals surface area contributed by atoms with Crippen molar-refractivity contribution in [3.8, 4) is 11.1 Å². The number of amides is 1. The van der Waals surface area contributed by atoms with Crippen molar-refractivity contribution in [1.82, 2.24) is 0 Å². The number of ether oxygens (including phenoxy) is 1. The summed E-state index contributed by atoms with van der Waals surface area (Å²) in [5.74, 6) is -2.42. The maximum Gasteiger partial charge on any atom is 0.341 e. The average Bonchev–Trinajstić information content (AvgIpc) is 2.96. The third kappa shape index (κ3) is 5.37. The van der Waals surface area contributed by atoms with Gasteiger partial charge in [-0.15, -0.1) is 11.3 Å². The molecule has 0 bridgehead atoms. The van der Waals surface area contributed by atoms with E-state index in [1.54, 1.807) is 19.2 Å². The van der Waals surface area contributed by atoms with Crippen LogP contribution >= 0.6 is 11.3 Å². The van der Waals surface area contributed by atoms with E-state index in [1.165, 1.54) is 31.4 Å². The van der Waals surface area contributed by atoms with Crippen LogP contribution in [0.3, 0.4) is 0 Å². The fourth-order valence-electron chi connectivity index (χ4n) is 2.67. The van der Waals surface area contributed by atoms with Crippen molar-refractivity contribution in [3.63, 3.8) is 0 Å². The summed E-state index contributed by atoms with van der Waals surface area (Å²) in [6.07, 6.45) is -0.181. The summed E-state index contributed by atoms with van der Waals surface area (Å²) < 4.78 is 18.0. The van der Waals surface area contributed by atoms with Crippen LogP contribution in [0.4, 0.5) is 9.39 Å². The predicted octanol–water partition coefficient (Wildman–Crippen LogP) is 4.17. The number of thiophene rings is 1. The molecular weight excluding hydrogens is 373 g/mol. The van der Waals surface area contributed by atoms with E-state index in [1.807, 2.05) is 0 Å². The van der Waals surface area contributed by atoms with Crippen LogP contribution in [0.25, 0.3) is 11.1 Å². The third-order valence-electron chi connectivity index (χ3n) is 3.86. The molecule has 0 saturated heterocycles. The molecule has 2 N–H and O–H groups in total. The lowest BCUT2D eigenvalue weighted by Crippen LogP contribution is -2.25. The lowest BCUT2D eigenvalue weighted by Gasteiger charge is -2.21. The predicted molar refractivity (Wildman–Crippen MR) is 100 cm³/mol. The first-order valence-corrected chi connectivity index (χ1v) is 8.98. The average molecular weight is 393 g/mol. The Morgan fingerprint density at radius 2 is 1.81 bits per heavy atom. The second kappa shape index (κ2) is 8.30. The van der Waals surface area contributed by atoms with Gasteiger partial charge in [0.05, 0.1) is 13.5 Å². The minimum Gasteiger partial charge on any atom is -0.481 e. The van der Waals surface area contributed by atoms with Crippen LogP contribution in [0.2, 0.25) is 0 Å². The number of carbonyl (C=O) groups is 3. The number of hydrogen-bond donors (Lipinski definition) is 2. The highest BCUT2D eigenvalue weighted by Gasteiger charge is 2.27. The van der Waals surface area contributed by atoms with Gasteiger partial charge in [0.2, 0.25) is 5.91 Å². The molecule has 0 unspecified atom stereocenters. The van der Waals surface area contributed by atoms with E-state index in [-0.39, 0.29) is 18.4 Å². The van der Waals surface area contributed by atoms with Gasteiger partial charge < -0.3 is 15.2 Å². The van der Waals surface area contributed by atoms with E-state index in [4.69, 9.17) is 9.84 Å². The molecule has 1 heterocycles. The maximum absolute atomic E-state index is 13.2. The number of rotatable bonds is 7. The summed E-state index contributed by atoms with van der Waals surface area (Å²) in [7, 11) is 1.23. The van der Waals surface area contributed by atoms with Crippen molar-refractivity contribution in [2.45, 2.75) is 26.7 Å². The topological polar surface area (TPSA) is 92.7 Å². The number of anilines is 1. The lowest BCUT2D eigenvalue weighted by atomic mass is 9.85. The van der Waals surface area contributed by atoms with Gasteiger partial charge >= 0.3 is 11.9 Å². The van der Waals surface area contributed by atoms with Crippen molar-refractivity contribution < 1.29 is 28.6 Å². The first kappa shape index (κ1) is 20.6. The van der Waals surface area contributed by atoms with Crippen molar-refractivity contribution in [1.29, 1.82) is 0 Å². The molecule has 1 amide bonds. The minimum atomic E-state index is -0.988. The fourth-order valence-corrected chi connectivity index (χ4v) is 3.65. The molecule has 8 heteroatoms. The smallest absolute Gasteiger partial charge is 0.341 e. The fraction of sp³-hybridized carbons (Fsp3) is 0.316. The highest BCUT2D eigenvalue weighted by molar-refractivity contribution is 7.15. The summed E-state index contributed by atoms with van der Waals surface area (Å²) in [5.41, 5.74) is 0.573. The molecule has 0 aliphatic carbocycles. The van der Waals surface area contributed by atoms with Gasteiger partial charge in [0.1, 0.15) is 16.4 Å². The highest BCUT2D eigenvalue weighted by Crippen LogP contribution is 2.37. The molecule has 144 valence electrons. The van der Waals surface area contributed by atoms with Gasteiger partial charge in [0.25, 0.3) is 0 Å². The molecule has 0 fully saturated rings. The molecule has 0 radical (unpaired) electrons. The largest absolute Gasteiger partial charge is 0.481 e. The van der Waals surface area contributed by atoms with Gasteiger partial charge in [-0.25, -0.2) is 9.18 Å². The van der Waals surface area contributed by atoms with Crippen LogP contribution in [0.1, 0.15) is 37.0 Å². The van der Waals surface area contributed by atoms with Crippen LogP contribution < -0.4 is 5.32 Å². The third-order valence-corrected chi connectivity index (χ3v) is 4.75. The molecule has 0 atom stereocenters. The number of hydrogen-bond acceptors (Lipinski definition) is 5. The van der Waals surface area contributed by atoms with Crippen LogP contribution in [0.5, 0.6) is 0 Å². The highest BCUT2D eigenvalue weighted by atomic mass is 32.1. The van der Waals surface area contributed by atoms with E-state index in [0.717, 1.165) is 11.3 Å². The quantitative estimate of drug-likeness (QED) is 0.689. The number of aliphatic carboxylic acids is 1. The summed E-state index contributed by atoms with van der Waals surface area (Å²) in [5, 5.41) is 13.6. The number of nitrogens with one attached hydrogen (secondary N) is 1. The number of benzene rings is 1. The number of carboxylic acids is 1. The second-order valence-electron chi connectivity index (χ2n) is 6.81. The Kier molecular flexibility index (Phi) is 6.32. The molecule has 2 aromatic rings. The van der Waals surface area contributed by atoms with E-state index in [2.05, 4.69) is 5.32 Å². The summed E-state index contributed by atoms with van der Waals surface area (Å²) in [6.45, 7) is 3.36. The Bertz CT molecular complexity index is 857. The van der Waals surface area contributed by atoms with Gasteiger partial charge in [-0.2, -0.15) is 0 Å². The van der Waals surface area contributed by atoms with Crippen LogP contribution in [0, 0.1) is 11.2 Å². The molecule has 0 aliphatic rings. The monoisotopic (exact) mass is 393 g/mol. The molecular formula is C19H20FNO5S. The second-order valence-corrected chi connectivity index (χ2v) is 7.69. The number of carbonyl (C=O) groups excluding carboxylic acids is 2. The Labute approximate surface area is 160 Å². The van der Waals surface area contributed by atoms with Crippen LogP contribution in [-0.2, 0) is 14.3 Å². The number of methoxy groups -OCH3 is 1. The summed E-state index contributed by atoms with van der Waals surface area (Å²) >= 11 is 1.14. The van der Waals surface area contributed by atoms with Gasteiger partial charge in [-0.05, 0) is 23.1 Å². The Hall–Kier alpha value is -2.74. The zero-order chi connectivity index (χ0) is 20.2. The Morgan fingerprint density at radius 3 is 2.37 bits per heavy atom. The molecule has 0 saturated carbocycles. The van der Waals surface area contributed by atoms with E-state index < -0.39 is 29.1 Å². The lowest BCUT2D eigenvalue weighted by molar-refractivity contribution is -0.139. The molecule has 0 spiro atoms. The zero-order valence-corrected chi connectivity index (χ0v) is 16.0. The molecule has 6 nitrogen and oxygen atoms in total. The first-order valence-electron chi connectivity index (χ1n) is 8.10. The van der Waals surface area contributed by atoms with Gasteiger partial charge in [-0.3, -0.25) is 9.59 Å². The van der Waals surface area contributed by atoms with Gasteiger partial charge in [0.15, 0.2) is 0 Å². The van der Waals surface area contributed by atoms with Crippen molar-refractivity contribution in [2.75, 3.05) is 12.4 Å². The number of esters is 1. The number of carboxylic acid groups (broad SMARTS) is 1. The maximum atomic E-state index is 13.2. The summed E-state index contributed by atoms with van der Waals surface area (Å²) in [6, 6.07) is 5.62. The molecule has 27 heavy (non-hydrogen) atoms. The van der Waals surface area contributed by atoms with Crippen LogP contribution in [0.15, 0.2) is 29.6 Å². The molecule has 1 aromatic carbocycles.